The lowest BCUT2D eigenvalue weighted by molar-refractivity contribution is -0.0620. The van der Waals surface area contributed by atoms with E-state index in [4.69, 9.17) is 4.74 Å². The van der Waals surface area contributed by atoms with Gasteiger partial charge in [0.25, 0.3) is 0 Å². The van der Waals surface area contributed by atoms with Crippen molar-refractivity contribution in [2.45, 2.75) is 40.2 Å². The average Bonchev–Trinajstić information content (AvgIpc) is 1.64. The lowest BCUT2D eigenvalue weighted by atomic mass is 9.79. The molecule has 0 aromatic rings. The molecule has 1 nitrogen and oxygen atoms in total. The highest BCUT2D eigenvalue weighted by Crippen LogP contribution is 2.31. The lowest BCUT2D eigenvalue weighted by Crippen LogP contribution is -2.38. The summed E-state index contributed by atoms with van der Waals surface area (Å²) in [5.74, 6) is 0. The molecule has 0 radical (unpaired) electrons. The lowest BCUT2D eigenvalue weighted by Gasteiger charge is -2.37. The molecule has 0 amide bonds. The fourth-order valence-corrected chi connectivity index (χ4v) is 0.306. The van der Waals surface area contributed by atoms with Crippen molar-refractivity contribution in [3.8, 4) is 0 Å². The normalized spacial score (nSPS) is 14.0. The van der Waals surface area contributed by atoms with Crippen LogP contribution >= 0.6 is 0 Å². The molecule has 0 atom stereocenters. The molecule has 0 N–H and O–H groups in total. The zero-order chi connectivity index (χ0) is 7.71. The molecule has 0 fully saturated rings. The van der Waals surface area contributed by atoms with Crippen molar-refractivity contribution >= 4 is 0 Å². The molecular formula is C8H18O. The largest absolute Gasteiger partial charge is 0.378 e. The van der Waals surface area contributed by atoms with Crippen molar-refractivity contribution in [1.29, 1.82) is 0 Å². The van der Waals surface area contributed by atoms with Crippen molar-refractivity contribution in [1.82, 2.24) is 0 Å². The van der Waals surface area contributed by atoms with Crippen LogP contribution in [0.15, 0.2) is 0 Å². The predicted octanol–water partition coefficient (Wildman–Crippen LogP) is 2.46. The Kier molecular flexibility index (Phi) is 2.29. The van der Waals surface area contributed by atoms with Crippen molar-refractivity contribution in [3.63, 3.8) is 0 Å². The molecule has 0 heterocycles. The highest BCUT2D eigenvalue weighted by Gasteiger charge is 2.32. The van der Waals surface area contributed by atoms with Gasteiger partial charge in [0.05, 0.1) is 5.60 Å². The van der Waals surface area contributed by atoms with E-state index in [2.05, 4.69) is 34.6 Å². The van der Waals surface area contributed by atoms with E-state index < -0.39 is 0 Å². The maximum Gasteiger partial charge on any atom is 0.0670 e. The maximum atomic E-state index is 5.30. The van der Waals surface area contributed by atoms with E-state index in [-0.39, 0.29) is 11.0 Å². The number of hydrogen-bond donors (Lipinski definition) is 0. The summed E-state index contributed by atoms with van der Waals surface area (Å²) in [4.78, 5) is 0. The van der Waals surface area contributed by atoms with Crippen LogP contribution in [-0.4, -0.2) is 12.7 Å². The highest BCUT2D eigenvalue weighted by molar-refractivity contribution is 4.82. The molecule has 0 rings (SSSR count). The van der Waals surface area contributed by atoms with E-state index in [9.17, 15) is 0 Å². The van der Waals surface area contributed by atoms with Crippen LogP contribution in [0, 0.1) is 5.41 Å². The van der Waals surface area contributed by atoms with Gasteiger partial charge in [0, 0.05) is 7.11 Å². The SMILES string of the molecule is COC(C)(C)C(C)(C)C. The third kappa shape index (κ3) is 1.98. The first-order valence-corrected chi connectivity index (χ1v) is 3.36. The minimum Gasteiger partial charge on any atom is -0.378 e. The van der Waals surface area contributed by atoms with Crippen molar-refractivity contribution in [2.75, 3.05) is 7.11 Å². The Hall–Kier alpha value is -0.0400. The number of hydrogen-bond acceptors (Lipinski definition) is 1. The molecule has 0 saturated carbocycles. The summed E-state index contributed by atoms with van der Waals surface area (Å²) >= 11 is 0. The first-order valence-electron chi connectivity index (χ1n) is 3.36. The summed E-state index contributed by atoms with van der Waals surface area (Å²) < 4.78 is 5.30. The third-order valence-corrected chi connectivity index (χ3v) is 2.32. The van der Waals surface area contributed by atoms with E-state index in [1.807, 2.05) is 0 Å². The molecule has 0 aliphatic rings. The maximum absolute atomic E-state index is 5.30. The van der Waals surface area contributed by atoms with Gasteiger partial charge < -0.3 is 4.74 Å². The number of ether oxygens (including phenoxy) is 1. The van der Waals surface area contributed by atoms with E-state index in [1.165, 1.54) is 0 Å². The van der Waals surface area contributed by atoms with Crippen LogP contribution in [-0.2, 0) is 4.74 Å². The molecule has 0 saturated heterocycles. The second-order valence-electron chi connectivity index (χ2n) is 3.96. The van der Waals surface area contributed by atoms with Crippen LogP contribution in [0.2, 0.25) is 0 Å². The van der Waals surface area contributed by atoms with Gasteiger partial charge in [0.1, 0.15) is 0 Å². The molecule has 56 valence electrons. The standard InChI is InChI=1S/C8H18O/c1-7(2,3)8(4,5)9-6/h1-6H3. The highest BCUT2D eigenvalue weighted by atomic mass is 16.5. The minimum absolute atomic E-state index is 0.0208. The Bertz CT molecular complexity index is 87.2. The van der Waals surface area contributed by atoms with E-state index in [0.717, 1.165) is 0 Å². The molecule has 0 aliphatic carbocycles. The van der Waals surface area contributed by atoms with E-state index >= 15 is 0 Å². The van der Waals surface area contributed by atoms with Crippen LogP contribution < -0.4 is 0 Å². The Labute approximate surface area is 58.4 Å². The Balaban J connectivity index is 4.14. The molecule has 0 aliphatic heterocycles. The second kappa shape index (κ2) is 2.30. The van der Waals surface area contributed by atoms with Crippen molar-refractivity contribution in [2.24, 2.45) is 5.41 Å². The number of rotatable bonds is 1. The fraction of sp³-hybridized carbons (Fsp3) is 1.00. The summed E-state index contributed by atoms with van der Waals surface area (Å²) in [5.41, 5.74) is 0.203. The molecule has 9 heavy (non-hydrogen) atoms. The monoisotopic (exact) mass is 130 g/mol. The summed E-state index contributed by atoms with van der Waals surface area (Å²) in [6.07, 6.45) is 0. The summed E-state index contributed by atoms with van der Waals surface area (Å²) in [6.45, 7) is 10.7. The Morgan fingerprint density at radius 2 is 1.22 bits per heavy atom. The minimum atomic E-state index is -0.0208. The first-order chi connectivity index (χ1) is 3.81. The predicted molar refractivity (Wildman–Crippen MR) is 40.5 cm³/mol. The molecule has 0 unspecified atom stereocenters. The van der Waals surface area contributed by atoms with Crippen LogP contribution in [0.1, 0.15) is 34.6 Å². The van der Waals surface area contributed by atoms with Gasteiger partial charge in [0.15, 0.2) is 0 Å². The van der Waals surface area contributed by atoms with Crippen LogP contribution in [0.25, 0.3) is 0 Å². The van der Waals surface area contributed by atoms with Gasteiger partial charge >= 0.3 is 0 Å². The zero-order valence-electron chi connectivity index (χ0n) is 7.41. The van der Waals surface area contributed by atoms with Crippen molar-refractivity contribution in [3.05, 3.63) is 0 Å². The van der Waals surface area contributed by atoms with Crippen molar-refractivity contribution < 1.29 is 4.74 Å². The molecule has 0 spiro atoms. The van der Waals surface area contributed by atoms with E-state index in [1.54, 1.807) is 7.11 Å². The number of methoxy groups -OCH3 is 1. The quantitative estimate of drug-likeness (QED) is 0.530. The second-order valence-corrected chi connectivity index (χ2v) is 3.96. The zero-order valence-corrected chi connectivity index (χ0v) is 7.41. The van der Waals surface area contributed by atoms with Crippen LogP contribution in [0.4, 0.5) is 0 Å². The molecule has 1 heteroatoms. The van der Waals surface area contributed by atoms with Crippen LogP contribution in [0.5, 0.6) is 0 Å². The summed E-state index contributed by atoms with van der Waals surface area (Å²) in [7, 11) is 1.76. The smallest absolute Gasteiger partial charge is 0.0670 e. The Morgan fingerprint density at radius 1 is 0.889 bits per heavy atom. The first kappa shape index (κ1) is 8.96. The van der Waals surface area contributed by atoms with Gasteiger partial charge in [0.2, 0.25) is 0 Å². The molecule has 0 aromatic heterocycles. The summed E-state index contributed by atoms with van der Waals surface area (Å²) in [6, 6.07) is 0. The van der Waals surface area contributed by atoms with Gasteiger partial charge in [-0.25, -0.2) is 0 Å². The molecular weight excluding hydrogens is 112 g/mol. The van der Waals surface area contributed by atoms with Crippen LogP contribution in [0.3, 0.4) is 0 Å². The molecule has 0 bridgehead atoms. The average molecular weight is 130 g/mol. The van der Waals surface area contributed by atoms with Gasteiger partial charge in [-0.15, -0.1) is 0 Å². The third-order valence-electron chi connectivity index (χ3n) is 2.32. The van der Waals surface area contributed by atoms with Gasteiger partial charge in [-0.2, -0.15) is 0 Å². The van der Waals surface area contributed by atoms with Gasteiger partial charge in [-0.1, -0.05) is 20.8 Å². The van der Waals surface area contributed by atoms with Gasteiger partial charge in [-0.3, -0.25) is 0 Å². The van der Waals surface area contributed by atoms with Gasteiger partial charge in [-0.05, 0) is 19.3 Å². The molecule has 0 aromatic carbocycles. The van der Waals surface area contributed by atoms with E-state index in [0.29, 0.717) is 0 Å². The summed E-state index contributed by atoms with van der Waals surface area (Å²) in [5, 5.41) is 0. The fourth-order valence-electron chi connectivity index (χ4n) is 0.306. The topological polar surface area (TPSA) is 9.23 Å². The Morgan fingerprint density at radius 3 is 1.22 bits per heavy atom.